The first-order chi connectivity index (χ1) is 12.9. The van der Waals surface area contributed by atoms with Crippen molar-refractivity contribution in [3.8, 4) is 5.75 Å². The van der Waals surface area contributed by atoms with Gasteiger partial charge in [-0.1, -0.05) is 23.4 Å². The number of aromatic nitrogens is 2. The predicted molar refractivity (Wildman–Crippen MR) is 109 cm³/mol. The molecule has 0 aliphatic rings. The van der Waals surface area contributed by atoms with Gasteiger partial charge in [-0.3, -0.25) is 14.2 Å². The molecule has 0 aliphatic heterocycles. The van der Waals surface area contributed by atoms with E-state index in [1.165, 1.54) is 11.8 Å². The zero-order valence-corrected chi connectivity index (χ0v) is 16.8. The highest BCUT2D eigenvalue weighted by atomic mass is 35.5. The molecule has 140 valence electrons. The van der Waals surface area contributed by atoms with Crippen LogP contribution < -0.4 is 10.3 Å². The molecule has 0 amide bonds. The van der Waals surface area contributed by atoms with Crippen molar-refractivity contribution in [3.63, 3.8) is 0 Å². The molecule has 0 radical (unpaired) electrons. The zero-order valence-electron chi connectivity index (χ0n) is 15.2. The summed E-state index contributed by atoms with van der Waals surface area (Å²) in [5.74, 6) is 0.830. The van der Waals surface area contributed by atoms with E-state index < -0.39 is 0 Å². The van der Waals surface area contributed by atoms with Crippen molar-refractivity contribution in [2.45, 2.75) is 25.0 Å². The number of hydrogen-bond acceptors (Lipinski definition) is 5. The van der Waals surface area contributed by atoms with Crippen molar-refractivity contribution < 1.29 is 9.53 Å². The lowest BCUT2D eigenvalue weighted by molar-refractivity contribution is 0.102. The fourth-order valence-corrected chi connectivity index (χ4v) is 3.89. The Labute approximate surface area is 166 Å². The summed E-state index contributed by atoms with van der Waals surface area (Å²) in [4.78, 5) is 29.9. The Hall–Kier alpha value is -2.31. The van der Waals surface area contributed by atoms with Crippen molar-refractivity contribution in [3.05, 3.63) is 63.4 Å². The average molecular weight is 403 g/mol. The molecule has 0 saturated heterocycles. The molecule has 0 spiro atoms. The number of hydrogen-bond donors (Lipinski definition) is 0. The van der Waals surface area contributed by atoms with E-state index >= 15 is 0 Å². The van der Waals surface area contributed by atoms with Crippen LogP contribution in [-0.4, -0.2) is 28.2 Å². The number of halogens is 1. The standard InChI is InChI=1S/C20H19ClN2O3S/c1-12(2)23-19(25)16-9-6-14(21)10-17(16)22-20(23)27-11-18(24)13-4-7-15(26-3)8-5-13/h4-10,12H,11H2,1-3H3. The molecule has 2 aromatic carbocycles. The lowest BCUT2D eigenvalue weighted by Crippen LogP contribution is -2.25. The minimum Gasteiger partial charge on any atom is -0.497 e. The number of fused-ring (bicyclic) bond motifs is 1. The molecular formula is C20H19ClN2O3S. The number of thioether (sulfide) groups is 1. The van der Waals surface area contributed by atoms with Crippen LogP contribution in [0.1, 0.15) is 30.2 Å². The number of benzene rings is 2. The van der Waals surface area contributed by atoms with E-state index in [1.807, 2.05) is 13.8 Å². The monoisotopic (exact) mass is 402 g/mol. The molecular weight excluding hydrogens is 384 g/mol. The Morgan fingerprint density at radius 2 is 1.93 bits per heavy atom. The third-order valence-corrected chi connectivity index (χ3v) is 5.28. The van der Waals surface area contributed by atoms with E-state index in [9.17, 15) is 9.59 Å². The fourth-order valence-electron chi connectivity index (χ4n) is 2.70. The molecule has 0 bridgehead atoms. The van der Waals surface area contributed by atoms with Gasteiger partial charge in [-0.15, -0.1) is 0 Å². The number of ether oxygens (including phenoxy) is 1. The van der Waals surface area contributed by atoms with Gasteiger partial charge in [0.05, 0.1) is 23.8 Å². The number of methoxy groups -OCH3 is 1. The van der Waals surface area contributed by atoms with E-state index in [-0.39, 0.29) is 23.1 Å². The van der Waals surface area contributed by atoms with Crippen LogP contribution in [0.4, 0.5) is 0 Å². The van der Waals surface area contributed by atoms with Crippen LogP contribution in [0.3, 0.4) is 0 Å². The second kappa shape index (κ2) is 8.15. The van der Waals surface area contributed by atoms with Gasteiger partial charge < -0.3 is 4.74 Å². The first-order valence-corrected chi connectivity index (χ1v) is 9.79. The van der Waals surface area contributed by atoms with Crippen molar-refractivity contribution in [1.29, 1.82) is 0 Å². The van der Waals surface area contributed by atoms with Gasteiger partial charge in [-0.05, 0) is 56.3 Å². The van der Waals surface area contributed by atoms with E-state index in [1.54, 1.807) is 54.1 Å². The molecule has 3 rings (SSSR count). The lowest BCUT2D eigenvalue weighted by atomic mass is 10.1. The number of ketones is 1. The van der Waals surface area contributed by atoms with Crippen LogP contribution in [0.5, 0.6) is 5.75 Å². The van der Waals surface area contributed by atoms with Crippen molar-refractivity contribution in [2.75, 3.05) is 12.9 Å². The summed E-state index contributed by atoms with van der Waals surface area (Å²) in [6.07, 6.45) is 0. The van der Waals surface area contributed by atoms with Gasteiger partial charge in [0.25, 0.3) is 5.56 Å². The second-order valence-electron chi connectivity index (χ2n) is 6.27. The fraction of sp³-hybridized carbons (Fsp3) is 0.250. The van der Waals surface area contributed by atoms with Crippen LogP contribution in [0, 0.1) is 0 Å². The van der Waals surface area contributed by atoms with Gasteiger partial charge in [0, 0.05) is 16.6 Å². The maximum atomic E-state index is 12.9. The van der Waals surface area contributed by atoms with Crippen LogP contribution >= 0.6 is 23.4 Å². The number of nitrogens with zero attached hydrogens (tertiary/aromatic N) is 2. The predicted octanol–water partition coefficient (Wildman–Crippen LogP) is 4.61. The zero-order chi connectivity index (χ0) is 19.6. The largest absolute Gasteiger partial charge is 0.497 e. The number of rotatable bonds is 6. The average Bonchev–Trinajstić information content (AvgIpc) is 2.65. The molecule has 0 saturated carbocycles. The number of carbonyl (C=O) groups excluding carboxylic acids is 1. The summed E-state index contributed by atoms with van der Waals surface area (Å²) in [7, 11) is 1.58. The molecule has 5 nitrogen and oxygen atoms in total. The van der Waals surface area contributed by atoms with Crippen LogP contribution in [-0.2, 0) is 0 Å². The molecule has 3 aromatic rings. The maximum absolute atomic E-state index is 12.9. The summed E-state index contributed by atoms with van der Waals surface area (Å²) in [5.41, 5.74) is 0.987. The summed E-state index contributed by atoms with van der Waals surface area (Å²) in [6, 6.07) is 11.9. The SMILES string of the molecule is COc1ccc(C(=O)CSc2nc3cc(Cl)ccc3c(=O)n2C(C)C)cc1. The van der Waals surface area contributed by atoms with E-state index in [0.29, 0.717) is 32.4 Å². The molecule has 0 fully saturated rings. The first-order valence-electron chi connectivity index (χ1n) is 8.42. The first kappa shape index (κ1) is 19.5. The molecule has 0 atom stereocenters. The van der Waals surface area contributed by atoms with Crippen LogP contribution in [0.15, 0.2) is 52.4 Å². The molecule has 1 aromatic heterocycles. The maximum Gasteiger partial charge on any atom is 0.262 e. The van der Waals surface area contributed by atoms with Gasteiger partial charge in [0.1, 0.15) is 5.75 Å². The van der Waals surface area contributed by atoms with E-state index in [2.05, 4.69) is 4.98 Å². The molecule has 7 heteroatoms. The van der Waals surface area contributed by atoms with Crippen LogP contribution in [0.25, 0.3) is 10.9 Å². The van der Waals surface area contributed by atoms with E-state index in [0.717, 1.165) is 0 Å². The Morgan fingerprint density at radius 1 is 1.22 bits per heavy atom. The van der Waals surface area contributed by atoms with Crippen molar-refractivity contribution in [2.24, 2.45) is 0 Å². The Morgan fingerprint density at radius 3 is 2.56 bits per heavy atom. The Bertz CT molecular complexity index is 1050. The molecule has 1 heterocycles. The lowest BCUT2D eigenvalue weighted by Gasteiger charge is -2.16. The topological polar surface area (TPSA) is 61.2 Å². The third-order valence-electron chi connectivity index (χ3n) is 4.09. The van der Waals surface area contributed by atoms with Crippen molar-refractivity contribution >= 4 is 40.0 Å². The minimum atomic E-state index is -0.133. The Kier molecular flexibility index (Phi) is 5.87. The molecule has 0 N–H and O–H groups in total. The van der Waals surface area contributed by atoms with E-state index in [4.69, 9.17) is 16.3 Å². The van der Waals surface area contributed by atoms with Crippen molar-refractivity contribution in [1.82, 2.24) is 9.55 Å². The number of Topliss-reactive ketones (excluding diaryl/α,β-unsaturated/α-hetero) is 1. The highest BCUT2D eigenvalue weighted by molar-refractivity contribution is 7.99. The van der Waals surface area contributed by atoms with Gasteiger partial charge >= 0.3 is 0 Å². The summed E-state index contributed by atoms with van der Waals surface area (Å²) < 4.78 is 6.72. The van der Waals surface area contributed by atoms with Crippen LogP contribution in [0.2, 0.25) is 5.02 Å². The quantitative estimate of drug-likeness (QED) is 0.342. The molecule has 27 heavy (non-hydrogen) atoms. The highest BCUT2D eigenvalue weighted by Gasteiger charge is 2.16. The highest BCUT2D eigenvalue weighted by Crippen LogP contribution is 2.24. The normalized spacial score (nSPS) is 11.1. The minimum absolute atomic E-state index is 0.0431. The van der Waals surface area contributed by atoms with Gasteiger partial charge in [0.15, 0.2) is 10.9 Å². The van der Waals surface area contributed by atoms with Gasteiger partial charge in [-0.2, -0.15) is 0 Å². The van der Waals surface area contributed by atoms with Gasteiger partial charge in [0.2, 0.25) is 0 Å². The summed E-state index contributed by atoms with van der Waals surface area (Å²) in [5, 5.41) is 1.53. The summed E-state index contributed by atoms with van der Waals surface area (Å²) >= 11 is 7.29. The van der Waals surface area contributed by atoms with Gasteiger partial charge in [-0.25, -0.2) is 4.98 Å². The summed E-state index contributed by atoms with van der Waals surface area (Å²) in [6.45, 7) is 3.83. The Balaban J connectivity index is 1.92. The third kappa shape index (κ3) is 4.17. The molecule has 0 unspecified atom stereocenters. The molecule has 0 aliphatic carbocycles. The number of carbonyl (C=O) groups is 1. The smallest absolute Gasteiger partial charge is 0.262 e. The second-order valence-corrected chi connectivity index (χ2v) is 7.64.